The van der Waals surface area contributed by atoms with E-state index in [1.807, 2.05) is 6.07 Å². The van der Waals surface area contributed by atoms with Gasteiger partial charge in [0.2, 0.25) is 0 Å². The minimum Gasteiger partial charge on any atom is -0.493 e. The summed E-state index contributed by atoms with van der Waals surface area (Å²) in [7, 11) is 1.59. The predicted molar refractivity (Wildman–Crippen MR) is 58.6 cm³/mol. The second-order valence-electron chi connectivity index (χ2n) is 3.60. The van der Waals surface area contributed by atoms with Crippen molar-refractivity contribution < 1.29 is 4.74 Å². The number of aromatic nitrogens is 3. The van der Waals surface area contributed by atoms with Crippen LogP contribution in [0, 0.1) is 0 Å². The highest BCUT2D eigenvalue weighted by atomic mass is 35.5. The van der Waals surface area contributed by atoms with E-state index in [4.69, 9.17) is 16.3 Å². The Balaban J connectivity index is 2.76. The number of fused-ring (bicyclic) bond motifs is 1. The molecule has 0 aliphatic heterocycles. The molecular weight excluding hydrogens is 214 g/mol. The average Bonchev–Trinajstić information content (AvgIpc) is 2.55. The largest absolute Gasteiger partial charge is 0.493 e. The topological polar surface area (TPSA) is 39.4 Å². The van der Waals surface area contributed by atoms with Crippen molar-refractivity contribution in [1.82, 2.24) is 14.6 Å². The second-order valence-corrected chi connectivity index (χ2v) is 3.96. The van der Waals surface area contributed by atoms with Crippen LogP contribution < -0.4 is 4.74 Å². The molecule has 5 heteroatoms. The summed E-state index contributed by atoms with van der Waals surface area (Å²) in [5, 5.41) is 4.57. The van der Waals surface area contributed by atoms with Crippen molar-refractivity contribution in [3.63, 3.8) is 0 Å². The van der Waals surface area contributed by atoms with Crippen LogP contribution in [0.25, 0.3) is 5.52 Å². The van der Waals surface area contributed by atoms with E-state index in [-0.39, 0.29) is 0 Å². The molecule has 0 N–H and O–H groups in total. The van der Waals surface area contributed by atoms with Crippen LogP contribution in [-0.2, 0) is 0 Å². The van der Waals surface area contributed by atoms with E-state index >= 15 is 0 Å². The molecule has 0 bridgehead atoms. The zero-order chi connectivity index (χ0) is 11.0. The third-order valence-electron chi connectivity index (χ3n) is 2.28. The van der Waals surface area contributed by atoms with Crippen molar-refractivity contribution in [2.75, 3.05) is 7.11 Å². The number of hydrogen-bond donors (Lipinski definition) is 0. The lowest BCUT2D eigenvalue weighted by atomic mass is 10.1. The van der Waals surface area contributed by atoms with Crippen LogP contribution in [0.2, 0.25) is 5.15 Å². The Morgan fingerprint density at radius 1 is 1.47 bits per heavy atom. The molecule has 0 aromatic carbocycles. The van der Waals surface area contributed by atoms with Crippen LogP contribution in [0.15, 0.2) is 12.4 Å². The van der Waals surface area contributed by atoms with Crippen LogP contribution in [0.5, 0.6) is 5.75 Å². The van der Waals surface area contributed by atoms with Gasteiger partial charge in [-0.1, -0.05) is 25.4 Å². The van der Waals surface area contributed by atoms with Gasteiger partial charge >= 0.3 is 0 Å². The van der Waals surface area contributed by atoms with E-state index in [1.54, 1.807) is 11.6 Å². The van der Waals surface area contributed by atoms with Gasteiger partial charge in [-0.05, 0) is 5.92 Å². The Labute approximate surface area is 92.8 Å². The SMILES string of the molecule is COc1cc2c(C(C)C)ncnn2c1Cl. The number of rotatable bonds is 2. The van der Waals surface area contributed by atoms with Crippen molar-refractivity contribution in [1.29, 1.82) is 0 Å². The highest BCUT2D eigenvalue weighted by molar-refractivity contribution is 6.31. The molecule has 0 aliphatic rings. The first-order valence-electron chi connectivity index (χ1n) is 4.71. The molecule has 15 heavy (non-hydrogen) atoms. The predicted octanol–water partition coefficient (Wildman–Crippen LogP) is 2.51. The first-order chi connectivity index (χ1) is 7.15. The monoisotopic (exact) mass is 225 g/mol. The lowest BCUT2D eigenvalue weighted by Crippen LogP contribution is -2.00. The molecular formula is C10H12ClN3O. The fraction of sp³-hybridized carbons (Fsp3) is 0.400. The summed E-state index contributed by atoms with van der Waals surface area (Å²) < 4.78 is 6.79. The first kappa shape index (κ1) is 10.2. The third-order valence-corrected chi connectivity index (χ3v) is 2.62. The number of hydrogen-bond acceptors (Lipinski definition) is 3. The van der Waals surface area contributed by atoms with Gasteiger partial charge in [-0.2, -0.15) is 5.10 Å². The van der Waals surface area contributed by atoms with Crippen molar-refractivity contribution >= 4 is 17.1 Å². The average molecular weight is 226 g/mol. The van der Waals surface area contributed by atoms with Crippen LogP contribution in [-0.4, -0.2) is 21.7 Å². The van der Waals surface area contributed by atoms with Gasteiger partial charge in [0.15, 0.2) is 10.9 Å². The smallest absolute Gasteiger partial charge is 0.173 e. The highest BCUT2D eigenvalue weighted by Crippen LogP contribution is 2.30. The van der Waals surface area contributed by atoms with Crippen LogP contribution in [0.3, 0.4) is 0 Å². The minimum atomic E-state index is 0.325. The maximum atomic E-state index is 6.08. The Kier molecular flexibility index (Phi) is 2.52. The van der Waals surface area contributed by atoms with E-state index in [1.165, 1.54) is 6.33 Å². The number of methoxy groups -OCH3 is 1. The van der Waals surface area contributed by atoms with Crippen molar-refractivity contribution in [3.8, 4) is 5.75 Å². The Morgan fingerprint density at radius 2 is 2.20 bits per heavy atom. The number of halogens is 1. The summed E-state index contributed by atoms with van der Waals surface area (Å²) in [6, 6.07) is 1.86. The normalized spacial score (nSPS) is 11.3. The van der Waals surface area contributed by atoms with Crippen LogP contribution >= 0.6 is 11.6 Å². The summed E-state index contributed by atoms with van der Waals surface area (Å²) in [6.07, 6.45) is 1.51. The van der Waals surface area contributed by atoms with Gasteiger partial charge < -0.3 is 4.74 Å². The van der Waals surface area contributed by atoms with E-state index in [0.29, 0.717) is 16.8 Å². The van der Waals surface area contributed by atoms with Crippen LogP contribution in [0.4, 0.5) is 0 Å². The van der Waals surface area contributed by atoms with E-state index in [2.05, 4.69) is 23.9 Å². The number of nitrogens with zero attached hydrogens (tertiary/aromatic N) is 3. The molecule has 0 radical (unpaired) electrons. The summed E-state index contributed by atoms with van der Waals surface area (Å²) in [5.41, 5.74) is 1.87. The second kappa shape index (κ2) is 3.70. The van der Waals surface area contributed by atoms with Crippen molar-refractivity contribution in [2.45, 2.75) is 19.8 Å². The zero-order valence-corrected chi connectivity index (χ0v) is 9.62. The molecule has 0 unspecified atom stereocenters. The molecule has 0 spiro atoms. The van der Waals surface area contributed by atoms with Gasteiger partial charge in [0.05, 0.1) is 18.3 Å². The molecule has 2 aromatic rings. The lowest BCUT2D eigenvalue weighted by Gasteiger charge is -2.05. The molecule has 0 saturated carbocycles. The summed E-state index contributed by atoms with van der Waals surface area (Å²) in [5.74, 6) is 0.949. The quantitative estimate of drug-likeness (QED) is 0.789. The third kappa shape index (κ3) is 1.55. The van der Waals surface area contributed by atoms with Crippen LogP contribution in [0.1, 0.15) is 25.5 Å². The van der Waals surface area contributed by atoms with E-state index in [9.17, 15) is 0 Å². The maximum Gasteiger partial charge on any atom is 0.173 e. The lowest BCUT2D eigenvalue weighted by molar-refractivity contribution is 0.415. The molecule has 0 fully saturated rings. The fourth-order valence-corrected chi connectivity index (χ4v) is 1.81. The molecule has 2 aromatic heterocycles. The number of ether oxygens (including phenoxy) is 1. The van der Waals surface area contributed by atoms with E-state index < -0.39 is 0 Å². The van der Waals surface area contributed by atoms with Gasteiger partial charge in [0.1, 0.15) is 6.33 Å². The van der Waals surface area contributed by atoms with Gasteiger partial charge in [0.25, 0.3) is 0 Å². The standard InChI is InChI=1S/C10H12ClN3O/c1-6(2)9-7-4-8(15-3)10(11)14(7)13-5-12-9/h4-6H,1-3H3. The van der Waals surface area contributed by atoms with Crippen molar-refractivity contribution in [3.05, 3.63) is 23.2 Å². The molecule has 4 nitrogen and oxygen atoms in total. The van der Waals surface area contributed by atoms with Crippen molar-refractivity contribution in [2.24, 2.45) is 0 Å². The fourth-order valence-electron chi connectivity index (χ4n) is 1.54. The Bertz CT molecular complexity index is 493. The van der Waals surface area contributed by atoms with Gasteiger partial charge in [-0.3, -0.25) is 0 Å². The summed E-state index contributed by atoms with van der Waals surface area (Å²) >= 11 is 6.08. The minimum absolute atomic E-state index is 0.325. The Morgan fingerprint density at radius 3 is 2.80 bits per heavy atom. The summed E-state index contributed by atoms with van der Waals surface area (Å²) in [4.78, 5) is 4.25. The molecule has 0 saturated heterocycles. The first-order valence-corrected chi connectivity index (χ1v) is 5.09. The molecule has 2 heterocycles. The highest BCUT2D eigenvalue weighted by Gasteiger charge is 2.14. The Hall–Kier alpha value is -1.29. The maximum absolute atomic E-state index is 6.08. The molecule has 2 rings (SSSR count). The van der Waals surface area contributed by atoms with Gasteiger partial charge in [-0.15, -0.1) is 0 Å². The molecule has 80 valence electrons. The zero-order valence-electron chi connectivity index (χ0n) is 8.86. The molecule has 0 atom stereocenters. The summed E-state index contributed by atoms with van der Waals surface area (Å²) in [6.45, 7) is 4.16. The van der Waals surface area contributed by atoms with E-state index in [0.717, 1.165) is 11.2 Å². The van der Waals surface area contributed by atoms with Gasteiger partial charge in [0, 0.05) is 6.07 Å². The van der Waals surface area contributed by atoms with Gasteiger partial charge in [-0.25, -0.2) is 9.50 Å². The molecule has 0 aliphatic carbocycles. The molecule has 0 amide bonds.